The van der Waals surface area contributed by atoms with E-state index in [2.05, 4.69) is 10.2 Å². The van der Waals surface area contributed by atoms with Crippen molar-refractivity contribution in [1.82, 2.24) is 10.2 Å². The molecular weight excluding hydrogens is 341 g/mol. The Bertz CT molecular complexity index is 923. The van der Waals surface area contributed by atoms with E-state index >= 15 is 0 Å². The van der Waals surface area contributed by atoms with Crippen molar-refractivity contribution in [2.45, 2.75) is 26.6 Å². The molecule has 0 amide bonds. The van der Waals surface area contributed by atoms with Gasteiger partial charge in [0, 0.05) is 5.56 Å². The highest BCUT2D eigenvalue weighted by Crippen LogP contribution is 2.34. The molecule has 3 nitrogen and oxygen atoms in total. The first-order valence-electron chi connectivity index (χ1n) is 8.04. The van der Waals surface area contributed by atoms with E-state index in [4.69, 9.17) is 4.74 Å². The third-order valence-electron chi connectivity index (χ3n) is 4.01. The lowest BCUT2D eigenvalue weighted by Gasteiger charge is -2.13. The number of aromatic nitrogens is 2. The summed E-state index contributed by atoms with van der Waals surface area (Å²) in [5, 5.41) is 8.01. The minimum absolute atomic E-state index is 0.207. The normalized spacial score (nSPS) is 11.4. The van der Waals surface area contributed by atoms with Gasteiger partial charge >= 0.3 is 6.18 Å². The summed E-state index contributed by atoms with van der Waals surface area (Å²) in [7, 11) is 0. The molecule has 0 aliphatic heterocycles. The summed E-state index contributed by atoms with van der Waals surface area (Å²) in [4.78, 5) is 0. The fourth-order valence-electron chi connectivity index (χ4n) is 2.57. The molecule has 0 saturated heterocycles. The average molecular weight is 358 g/mol. The molecule has 1 aromatic heterocycles. The van der Waals surface area contributed by atoms with Crippen LogP contribution in [0.1, 0.15) is 22.4 Å². The quantitative estimate of drug-likeness (QED) is 0.630. The van der Waals surface area contributed by atoms with E-state index in [0.29, 0.717) is 16.8 Å². The molecule has 6 heteroatoms. The van der Waals surface area contributed by atoms with Crippen molar-refractivity contribution < 1.29 is 17.9 Å². The molecular formula is C20H17F3N2O. The van der Waals surface area contributed by atoms with Gasteiger partial charge in [-0.05, 0) is 48.7 Å². The number of nitrogens with zero attached hydrogens (tertiary/aromatic N) is 2. The summed E-state index contributed by atoms with van der Waals surface area (Å²) in [6.07, 6.45) is -4.41. The lowest BCUT2D eigenvalue weighted by atomic mass is 10.0. The minimum Gasteiger partial charge on any atom is -0.471 e. The molecule has 0 saturated carbocycles. The molecule has 0 spiro atoms. The van der Waals surface area contributed by atoms with Crippen LogP contribution < -0.4 is 4.74 Å². The Morgan fingerprint density at radius 3 is 2.42 bits per heavy atom. The predicted molar refractivity (Wildman–Crippen MR) is 92.7 cm³/mol. The second-order valence-electron chi connectivity index (χ2n) is 6.00. The van der Waals surface area contributed by atoms with Crippen LogP contribution in [-0.4, -0.2) is 10.2 Å². The molecule has 2 aromatic carbocycles. The topological polar surface area (TPSA) is 35.0 Å². The number of halogens is 3. The maximum atomic E-state index is 13.0. The third-order valence-corrected chi connectivity index (χ3v) is 4.01. The number of alkyl halides is 3. The van der Waals surface area contributed by atoms with Crippen LogP contribution in [0.4, 0.5) is 13.2 Å². The van der Waals surface area contributed by atoms with Crippen LogP contribution in [0.25, 0.3) is 11.1 Å². The summed E-state index contributed by atoms with van der Waals surface area (Å²) < 4.78 is 44.8. The molecule has 3 rings (SSSR count). The first-order chi connectivity index (χ1) is 12.3. The van der Waals surface area contributed by atoms with Gasteiger partial charge in [-0.25, -0.2) is 0 Å². The number of hydrogen-bond donors (Lipinski definition) is 0. The Morgan fingerprint density at radius 1 is 0.923 bits per heavy atom. The largest absolute Gasteiger partial charge is 0.471 e. The fourth-order valence-corrected chi connectivity index (χ4v) is 2.57. The number of rotatable bonds is 4. The van der Waals surface area contributed by atoms with E-state index < -0.39 is 11.7 Å². The zero-order chi connectivity index (χ0) is 18.7. The summed E-state index contributed by atoms with van der Waals surface area (Å²) in [5.74, 6) is 0.207. The van der Waals surface area contributed by atoms with E-state index in [9.17, 15) is 13.2 Å². The first-order valence-corrected chi connectivity index (χ1v) is 8.04. The van der Waals surface area contributed by atoms with Crippen LogP contribution in [0.5, 0.6) is 5.88 Å². The summed E-state index contributed by atoms with van der Waals surface area (Å²) >= 11 is 0. The molecule has 0 radical (unpaired) electrons. The van der Waals surface area contributed by atoms with Crippen molar-refractivity contribution in [1.29, 1.82) is 0 Å². The number of hydrogen-bond acceptors (Lipinski definition) is 3. The standard InChI is InChI=1S/C20H17F3N2O/c1-13-6-3-4-7-16(13)12-26-19-18(10-14(2)24-25-19)15-8-5-9-17(11-15)20(21,22)23/h3-11H,12H2,1-2H3. The van der Waals surface area contributed by atoms with E-state index in [1.165, 1.54) is 6.07 Å². The molecule has 0 bridgehead atoms. The van der Waals surface area contributed by atoms with Crippen LogP contribution in [0.15, 0.2) is 54.6 Å². The number of benzene rings is 2. The van der Waals surface area contributed by atoms with E-state index in [1.54, 1.807) is 19.1 Å². The van der Waals surface area contributed by atoms with Crippen molar-refractivity contribution in [2.75, 3.05) is 0 Å². The Hall–Kier alpha value is -2.89. The van der Waals surface area contributed by atoms with Gasteiger partial charge in [0.2, 0.25) is 5.88 Å². The Labute approximate surface area is 149 Å². The highest BCUT2D eigenvalue weighted by atomic mass is 19.4. The van der Waals surface area contributed by atoms with Crippen LogP contribution in [0.2, 0.25) is 0 Å². The van der Waals surface area contributed by atoms with Gasteiger partial charge < -0.3 is 4.74 Å². The van der Waals surface area contributed by atoms with Crippen LogP contribution in [0, 0.1) is 13.8 Å². The van der Waals surface area contributed by atoms with E-state index in [-0.39, 0.29) is 12.5 Å². The minimum atomic E-state index is -4.41. The molecule has 3 aromatic rings. The van der Waals surface area contributed by atoms with E-state index in [1.807, 2.05) is 31.2 Å². The predicted octanol–water partition coefficient (Wildman–Crippen LogP) is 5.36. The maximum Gasteiger partial charge on any atom is 0.416 e. The second-order valence-corrected chi connectivity index (χ2v) is 6.00. The van der Waals surface area contributed by atoms with Crippen molar-refractivity contribution >= 4 is 0 Å². The zero-order valence-corrected chi connectivity index (χ0v) is 14.3. The number of aryl methyl sites for hydroxylation is 2. The highest BCUT2D eigenvalue weighted by Gasteiger charge is 2.30. The van der Waals surface area contributed by atoms with Crippen LogP contribution in [-0.2, 0) is 12.8 Å². The van der Waals surface area contributed by atoms with Crippen molar-refractivity contribution in [3.63, 3.8) is 0 Å². The zero-order valence-electron chi connectivity index (χ0n) is 14.3. The van der Waals surface area contributed by atoms with Crippen molar-refractivity contribution in [3.05, 3.63) is 77.0 Å². The van der Waals surface area contributed by atoms with Gasteiger partial charge in [0.05, 0.1) is 11.3 Å². The van der Waals surface area contributed by atoms with Gasteiger partial charge in [-0.2, -0.15) is 18.3 Å². The molecule has 0 aliphatic rings. The molecule has 26 heavy (non-hydrogen) atoms. The molecule has 134 valence electrons. The van der Waals surface area contributed by atoms with Gasteiger partial charge in [0.15, 0.2) is 0 Å². The van der Waals surface area contributed by atoms with Crippen LogP contribution >= 0.6 is 0 Å². The maximum absolute atomic E-state index is 13.0. The summed E-state index contributed by atoms with van der Waals surface area (Å²) in [6.45, 7) is 3.96. The molecule has 0 N–H and O–H groups in total. The Kier molecular flexibility index (Phi) is 4.93. The SMILES string of the molecule is Cc1cc(-c2cccc(C(F)(F)F)c2)c(OCc2ccccc2C)nn1. The van der Waals surface area contributed by atoms with E-state index in [0.717, 1.165) is 23.3 Å². The lowest BCUT2D eigenvalue weighted by Crippen LogP contribution is -2.05. The van der Waals surface area contributed by atoms with Crippen molar-refractivity contribution in [3.8, 4) is 17.0 Å². The van der Waals surface area contributed by atoms with Gasteiger partial charge in [0.1, 0.15) is 6.61 Å². The van der Waals surface area contributed by atoms with Crippen molar-refractivity contribution in [2.24, 2.45) is 0 Å². The molecule has 0 aliphatic carbocycles. The third kappa shape index (κ3) is 4.02. The fraction of sp³-hybridized carbons (Fsp3) is 0.200. The second kappa shape index (κ2) is 7.15. The Morgan fingerprint density at radius 2 is 1.69 bits per heavy atom. The van der Waals surface area contributed by atoms with Gasteiger partial charge in [0.25, 0.3) is 0 Å². The smallest absolute Gasteiger partial charge is 0.416 e. The van der Waals surface area contributed by atoms with Crippen LogP contribution in [0.3, 0.4) is 0 Å². The molecule has 0 atom stereocenters. The average Bonchev–Trinajstić information content (AvgIpc) is 2.61. The first kappa shape index (κ1) is 17.9. The monoisotopic (exact) mass is 358 g/mol. The molecule has 0 fully saturated rings. The summed E-state index contributed by atoms with van der Waals surface area (Å²) in [6, 6.07) is 14.5. The summed E-state index contributed by atoms with van der Waals surface area (Å²) in [5.41, 5.74) is 2.79. The lowest BCUT2D eigenvalue weighted by molar-refractivity contribution is -0.137. The van der Waals surface area contributed by atoms with Gasteiger partial charge in [-0.15, -0.1) is 5.10 Å². The molecule has 1 heterocycles. The Balaban J connectivity index is 1.95. The molecule has 0 unspecified atom stereocenters. The van der Waals surface area contributed by atoms with Gasteiger partial charge in [-0.1, -0.05) is 36.4 Å². The highest BCUT2D eigenvalue weighted by molar-refractivity contribution is 5.69. The van der Waals surface area contributed by atoms with Gasteiger partial charge in [-0.3, -0.25) is 0 Å². The number of ether oxygens (including phenoxy) is 1.